The average Bonchev–Trinajstić information content (AvgIpc) is 3.36. The molecule has 0 unspecified atom stereocenters. The average molecular weight is 409 g/mol. The first-order chi connectivity index (χ1) is 14.1. The van der Waals surface area contributed by atoms with Gasteiger partial charge in [-0.3, -0.25) is 9.36 Å². The maximum Gasteiger partial charge on any atom is 0.274 e. The Balaban J connectivity index is 1.68. The van der Waals surface area contributed by atoms with Crippen LogP contribution in [-0.2, 0) is 0 Å². The number of tetrazole rings is 1. The van der Waals surface area contributed by atoms with Crippen LogP contribution in [0.2, 0.25) is 0 Å². The molecule has 4 rings (SSSR count). The highest BCUT2D eigenvalue weighted by Gasteiger charge is 2.19. The third-order valence-corrected chi connectivity index (χ3v) is 4.87. The molecule has 2 aromatic carbocycles. The number of nitrogens with one attached hydrogen (secondary N) is 1. The van der Waals surface area contributed by atoms with E-state index in [4.69, 9.17) is 0 Å². The molecule has 10 heteroatoms. The molecule has 0 fully saturated rings. The number of aryl methyl sites for hydroxylation is 1. The molecule has 0 saturated carbocycles. The normalized spacial score (nSPS) is 10.9. The van der Waals surface area contributed by atoms with Crippen molar-refractivity contribution in [2.75, 3.05) is 11.6 Å². The van der Waals surface area contributed by atoms with Crippen LogP contribution in [0.4, 0.5) is 10.1 Å². The number of benzene rings is 2. The number of thioether (sulfide) groups is 1. The summed E-state index contributed by atoms with van der Waals surface area (Å²) in [5, 5.41) is 14.6. The molecular formula is C19H16FN7OS. The number of imidazole rings is 1. The summed E-state index contributed by atoms with van der Waals surface area (Å²) >= 11 is 1.44. The van der Waals surface area contributed by atoms with Gasteiger partial charge in [0.15, 0.2) is 11.0 Å². The smallest absolute Gasteiger partial charge is 0.274 e. The summed E-state index contributed by atoms with van der Waals surface area (Å²) in [5.41, 5.74) is 1.74. The van der Waals surface area contributed by atoms with E-state index in [2.05, 4.69) is 25.8 Å². The Labute approximate surface area is 169 Å². The SMILES string of the molecule is CSc1ncc(C(=O)Nc2ccc(F)c(-n3nnnc3C)c2)n1-c1ccccc1. The van der Waals surface area contributed by atoms with E-state index in [-0.39, 0.29) is 11.6 Å². The number of para-hydroxylation sites is 1. The van der Waals surface area contributed by atoms with Gasteiger partial charge in [0, 0.05) is 11.4 Å². The molecule has 0 bridgehead atoms. The van der Waals surface area contributed by atoms with Gasteiger partial charge in [0.1, 0.15) is 17.2 Å². The van der Waals surface area contributed by atoms with Crippen molar-refractivity contribution in [3.63, 3.8) is 0 Å². The molecule has 0 atom stereocenters. The van der Waals surface area contributed by atoms with Gasteiger partial charge in [-0.15, -0.1) is 5.10 Å². The molecule has 146 valence electrons. The van der Waals surface area contributed by atoms with E-state index < -0.39 is 5.82 Å². The van der Waals surface area contributed by atoms with Crippen molar-refractivity contribution in [1.29, 1.82) is 0 Å². The Morgan fingerprint density at radius 2 is 1.97 bits per heavy atom. The standard InChI is InChI=1S/C19H16FN7OS/c1-12-23-24-25-27(12)16-10-13(8-9-15(16)20)22-18(28)17-11-21-19(29-2)26(17)14-6-4-3-5-7-14/h3-11H,1-2H3,(H,22,28). The highest BCUT2D eigenvalue weighted by Crippen LogP contribution is 2.23. The van der Waals surface area contributed by atoms with Gasteiger partial charge in [-0.2, -0.15) is 4.68 Å². The highest BCUT2D eigenvalue weighted by atomic mass is 32.2. The Morgan fingerprint density at radius 1 is 1.17 bits per heavy atom. The Bertz CT molecular complexity index is 1170. The van der Waals surface area contributed by atoms with Crippen LogP contribution < -0.4 is 5.32 Å². The van der Waals surface area contributed by atoms with E-state index in [9.17, 15) is 9.18 Å². The topological polar surface area (TPSA) is 90.5 Å². The molecule has 0 aliphatic rings. The summed E-state index contributed by atoms with van der Waals surface area (Å²) in [4.78, 5) is 17.3. The zero-order valence-corrected chi connectivity index (χ0v) is 16.4. The van der Waals surface area contributed by atoms with Crippen molar-refractivity contribution in [3.8, 4) is 11.4 Å². The van der Waals surface area contributed by atoms with E-state index in [0.717, 1.165) is 5.69 Å². The first-order valence-electron chi connectivity index (χ1n) is 8.62. The zero-order chi connectivity index (χ0) is 20.4. The lowest BCUT2D eigenvalue weighted by atomic mass is 10.2. The van der Waals surface area contributed by atoms with Gasteiger partial charge in [-0.25, -0.2) is 9.37 Å². The third-order valence-electron chi connectivity index (χ3n) is 4.22. The van der Waals surface area contributed by atoms with E-state index >= 15 is 0 Å². The molecule has 1 N–H and O–H groups in total. The fraction of sp³-hybridized carbons (Fsp3) is 0.105. The molecule has 2 aromatic heterocycles. The first-order valence-corrected chi connectivity index (χ1v) is 9.84. The minimum absolute atomic E-state index is 0.145. The minimum Gasteiger partial charge on any atom is -0.321 e. The second-order valence-electron chi connectivity index (χ2n) is 6.06. The van der Waals surface area contributed by atoms with E-state index in [1.807, 2.05) is 36.6 Å². The number of hydrogen-bond acceptors (Lipinski definition) is 6. The van der Waals surface area contributed by atoms with Crippen molar-refractivity contribution in [3.05, 3.63) is 72.1 Å². The molecule has 4 aromatic rings. The van der Waals surface area contributed by atoms with Gasteiger partial charge < -0.3 is 5.32 Å². The van der Waals surface area contributed by atoms with Gasteiger partial charge >= 0.3 is 0 Å². The first kappa shape index (κ1) is 18.8. The van der Waals surface area contributed by atoms with E-state index in [1.165, 1.54) is 40.8 Å². The molecule has 0 saturated heterocycles. The van der Waals surface area contributed by atoms with Crippen LogP contribution in [-0.4, -0.2) is 41.9 Å². The van der Waals surface area contributed by atoms with Crippen molar-refractivity contribution >= 4 is 23.4 Å². The molecular weight excluding hydrogens is 393 g/mol. The predicted molar refractivity (Wildman–Crippen MR) is 107 cm³/mol. The fourth-order valence-corrected chi connectivity index (χ4v) is 3.41. The lowest BCUT2D eigenvalue weighted by Gasteiger charge is -2.12. The molecule has 8 nitrogen and oxygen atoms in total. The number of hydrogen-bond donors (Lipinski definition) is 1. The summed E-state index contributed by atoms with van der Waals surface area (Å²) in [7, 11) is 0. The summed E-state index contributed by atoms with van der Waals surface area (Å²) in [5.74, 6) is -0.441. The third kappa shape index (κ3) is 3.61. The predicted octanol–water partition coefficient (Wildman–Crippen LogP) is 3.27. The summed E-state index contributed by atoms with van der Waals surface area (Å²) in [6, 6.07) is 13.7. The zero-order valence-electron chi connectivity index (χ0n) is 15.6. The van der Waals surface area contributed by atoms with Gasteiger partial charge in [0.2, 0.25) is 0 Å². The van der Waals surface area contributed by atoms with Gasteiger partial charge in [0.25, 0.3) is 5.91 Å². The quantitative estimate of drug-likeness (QED) is 0.509. The number of aromatic nitrogens is 6. The van der Waals surface area contributed by atoms with Crippen LogP contribution in [0.1, 0.15) is 16.3 Å². The fourth-order valence-electron chi connectivity index (χ4n) is 2.87. The van der Waals surface area contributed by atoms with Gasteiger partial charge in [-0.1, -0.05) is 30.0 Å². The monoisotopic (exact) mass is 409 g/mol. The van der Waals surface area contributed by atoms with Crippen LogP contribution in [0, 0.1) is 12.7 Å². The highest BCUT2D eigenvalue weighted by molar-refractivity contribution is 7.98. The number of anilines is 1. The van der Waals surface area contributed by atoms with Crippen LogP contribution in [0.5, 0.6) is 0 Å². The second-order valence-corrected chi connectivity index (χ2v) is 6.83. The Hall–Kier alpha value is -3.53. The maximum atomic E-state index is 14.3. The molecule has 2 heterocycles. The number of nitrogens with zero attached hydrogens (tertiary/aromatic N) is 6. The molecule has 0 aliphatic heterocycles. The number of amides is 1. The Kier molecular flexibility index (Phi) is 5.09. The van der Waals surface area contributed by atoms with Crippen molar-refractivity contribution < 1.29 is 9.18 Å². The molecule has 0 spiro atoms. The molecule has 0 radical (unpaired) electrons. The van der Waals surface area contributed by atoms with E-state index in [0.29, 0.717) is 22.4 Å². The largest absolute Gasteiger partial charge is 0.321 e. The summed E-state index contributed by atoms with van der Waals surface area (Å²) < 4.78 is 17.3. The van der Waals surface area contributed by atoms with Crippen LogP contribution >= 0.6 is 11.8 Å². The Morgan fingerprint density at radius 3 is 2.66 bits per heavy atom. The van der Waals surface area contributed by atoms with Crippen LogP contribution in [0.15, 0.2) is 59.9 Å². The number of rotatable bonds is 5. The van der Waals surface area contributed by atoms with Crippen LogP contribution in [0.25, 0.3) is 11.4 Å². The van der Waals surface area contributed by atoms with Crippen LogP contribution in [0.3, 0.4) is 0 Å². The maximum absolute atomic E-state index is 14.3. The van der Waals surface area contributed by atoms with E-state index in [1.54, 1.807) is 11.5 Å². The summed E-state index contributed by atoms with van der Waals surface area (Å²) in [6.45, 7) is 1.66. The molecule has 1 amide bonds. The number of halogens is 1. The molecule has 29 heavy (non-hydrogen) atoms. The van der Waals surface area contributed by atoms with Crippen molar-refractivity contribution in [2.45, 2.75) is 12.1 Å². The van der Waals surface area contributed by atoms with Gasteiger partial charge in [0.05, 0.1) is 6.20 Å². The van der Waals surface area contributed by atoms with Crippen molar-refractivity contribution in [2.24, 2.45) is 0 Å². The van der Waals surface area contributed by atoms with Crippen molar-refractivity contribution in [1.82, 2.24) is 29.8 Å². The number of carbonyl (C=O) groups is 1. The molecule has 0 aliphatic carbocycles. The lowest BCUT2D eigenvalue weighted by Crippen LogP contribution is -2.17. The minimum atomic E-state index is -0.502. The lowest BCUT2D eigenvalue weighted by molar-refractivity contribution is 0.102. The number of carbonyl (C=O) groups excluding carboxylic acids is 1. The second kappa shape index (κ2) is 7.84. The van der Waals surface area contributed by atoms with Gasteiger partial charge in [-0.05, 0) is 53.9 Å². The summed E-state index contributed by atoms with van der Waals surface area (Å²) in [6.07, 6.45) is 3.41.